The van der Waals surface area contributed by atoms with Gasteiger partial charge in [0.2, 0.25) is 5.91 Å². The van der Waals surface area contributed by atoms with Gasteiger partial charge in [0.25, 0.3) is 0 Å². The van der Waals surface area contributed by atoms with Crippen LogP contribution in [0.4, 0.5) is 5.69 Å². The summed E-state index contributed by atoms with van der Waals surface area (Å²) in [5.41, 5.74) is 2.58. The predicted octanol–water partition coefficient (Wildman–Crippen LogP) is 2.83. The third-order valence-electron chi connectivity index (χ3n) is 5.93. The summed E-state index contributed by atoms with van der Waals surface area (Å²) in [5.74, 6) is 1.27. The number of carbonyl (C=O) groups is 1. The first-order valence-corrected chi connectivity index (χ1v) is 11.3. The molecule has 3 rings (SSSR count). The van der Waals surface area contributed by atoms with Crippen LogP contribution in [0.2, 0.25) is 0 Å². The number of carbonyl (C=O) groups excluding carboxylic acids is 1. The largest absolute Gasteiger partial charge is 0.369 e. The topological polar surface area (TPSA) is 68.8 Å². The molecule has 1 unspecified atom stereocenters. The second kappa shape index (κ2) is 11.1. The number of hydrogen-bond acceptors (Lipinski definition) is 3. The van der Waals surface area contributed by atoms with Crippen LogP contribution in [-0.2, 0) is 4.79 Å². The number of hydrogen-bond donors (Lipinski definition) is 3. The Morgan fingerprint density at radius 2 is 1.86 bits per heavy atom. The van der Waals surface area contributed by atoms with Gasteiger partial charge < -0.3 is 20.9 Å². The van der Waals surface area contributed by atoms with Crippen molar-refractivity contribution in [1.82, 2.24) is 16.0 Å². The van der Waals surface area contributed by atoms with Crippen molar-refractivity contribution < 1.29 is 4.79 Å². The Bertz CT molecular complexity index is 666. The molecule has 1 aromatic rings. The predicted molar refractivity (Wildman–Crippen MR) is 120 cm³/mol. The van der Waals surface area contributed by atoms with Gasteiger partial charge in [-0.15, -0.1) is 0 Å². The molecule has 1 saturated heterocycles. The molecule has 0 spiro atoms. The fraction of sp³-hybridized carbons (Fsp3) is 0.652. The van der Waals surface area contributed by atoms with E-state index >= 15 is 0 Å². The molecule has 160 valence electrons. The highest BCUT2D eigenvalue weighted by Crippen LogP contribution is 2.23. The van der Waals surface area contributed by atoms with Gasteiger partial charge in [0.05, 0.1) is 6.54 Å². The van der Waals surface area contributed by atoms with E-state index in [1.807, 2.05) is 0 Å². The van der Waals surface area contributed by atoms with E-state index in [2.05, 4.69) is 64.0 Å². The van der Waals surface area contributed by atoms with Crippen molar-refractivity contribution in [3.63, 3.8) is 0 Å². The number of amides is 1. The molecule has 1 aromatic carbocycles. The van der Waals surface area contributed by atoms with Crippen molar-refractivity contribution in [3.05, 3.63) is 29.8 Å². The zero-order valence-electron chi connectivity index (χ0n) is 18.0. The van der Waals surface area contributed by atoms with E-state index in [0.29, 0.717) is 19.1 Å². The number of anilines is 1. The van der Waals surface area contributed by atoms with Gasteiger partial charge in [-0.1, -0.05) is 37.0 Å². The van der Waals surface area contributed by atoms with Crippen LogP contribution in [0.1, 0.15) is 51.0 Å². The average molecular weight is 400 g/mol. The summed E-state index contributed by atoms with van der Waals surface area (Å²) in [6.45, 7) is 8.26. The molecule has 1 saturated carbocycles. The van der Waals surface area contributed by atoms with Crippen molar-refractivity contribution in [1.29, 1.82) is 0 Å². The van der Waals surface area contributed by atoms with E-state index in [4.69, 9.17) is 0 Å². The van der Waals surface area contributed by atoms with E-state index in [1.54, 1.807) is 0 Å². The Kier molecular flexibility index (Phi) is 8.20. The maximum absolute atomic E-state index is 12.2. The number of aliphatic imine (C=N–C) groups is 1. The normalized spacial score (nSPS) is 20.6. The van der Waals surface area contributed by atoms with Gasteiger partial charge >= 0.3 is 0 Å². The van der Waals surface area contributed by atoms with Crippen LogP contribution in [0, 0.1) is 12.8 Å². The van der Waals surface area contributed by atoms with Crippen molar-refractivity contribution in [2.75, 3.05) is 37.6 Å². The Balaban J connectivity index is 1.43. The lowest BCUT2D eigenvalue weighted by atomic mass is 9.89. The highest BCUT2D eigenvalue weighted by molar-refractivity contribution is 5.80. The van der Waals surface area contributed by atoms with Crippen LogP contribution in [0.25, 0.3) is 0 Å². The standard InChI is InChI=1S/C23H37N5O/c1-3-24-23(26-15-14-25-22(29)19-7-5-4-6-8-19)27-20-13-16-28(17-20)21-11-9-18(2)10-12-21/h9-12,19-20H,3-8,13-17H2,1-2H3,(H,25,29)(H2,24,26,27). The van der Waals surface area contributed by atoms with Crippen molar-refractivity contribution in [2.45, 2.75) is 58.4 Å². The third kappa shape index (κ3) is 6.65. The van der Waals surface area contributed by atoms with E-state index in [-0.39, 0.29) is 11.8 Å². The second-order valence-electron chi connectivity index (χ2n) is 8.30. The Morgan fingerprint density at radius 3 is 2.59 bits per heavy atom. The molecule has 1 atom stereocenters. The van der Waals surface area contributed by atoms with E-state index in [1.165, 1.54) is 30.5 Å². The Hall–Kier alpha value is -2.24. The number of nitrogens with one attached hydrogen (secondary N) is 3. The fourth-order valence-electron chi connectivity index (χ4n) is 4.24. The molecule has 2 aliphatic rings. The second-order valence-corrected chi connectivity index (χ2v) is 8.30. The summed E-state index contributed by atoms with van der Waals surface area (Å²) in [5, 5.41) is 9.96. The van der Waals surface area contributed by atoms with Crippen LogP contribution in [0.3, 0.4) is 0 Å². The Labute approximate surface area is 175 Å². The first kappa shape index (κ1) is 21.5. The molecule has 3 N–H and O–H groups in total. The summed E-state index contributed by atoms with van der Waals surface area (Å²) in [4.78, 5) is 19.3. The van der Waals surface area contributed by atoms with Crippen molar-refractivity contribution in [3.8, 4) is 0 Å². The number of benzene rings is 1. The van der Waals surface area contributed by atoms with Crippen LogP contribution in [0.15, 0.2) is 29.3 Å². The molecule has 29 heavy (non-hydrogen) atoms. The summed E-state index contributed by atoms with van der Waals surface area (Å²) >= 11 is 0. The van der Waals surface area contributed by atoms with Crippen LogP contribution in [-0.4, -0.2) is 50.6 Å². The van der Waals surface area contributed by atoms with Gasteiger partial charge in [0.15, 0.2) is 5.96 Å². The van der Waals surface area contributed by atoms with Gasteiger partial charge in [-0.25, -0.2) is 0 Å². The minimum atomic E-state index is 0.211. The van der Waals surface area contributed by atoms with E-state index in [9.17, 15) is 4.79 Å². The molecule has 1 heterocycles. The summed E-state index contributed by atoms with van der Waals surface area (Å²) in [6.07, 6.45) is 6.82. The maximum Gasteiger partial charge on any atom is 0.223 e. The van der Waals surface area contributed by atoms with E-state index in [0.717, 1.165) is 44.9 Å². The van der Waals surface area contributed by atoms with Crippen molar-refractivity contribution in [2.24, 2.45) is 10.9 Å². The molecule has 6 nitrogen and oxygen atoms in total. The summed E-state index contributed by atoms with van der Waals surface area (Å²) in [7, 11) is 0. The molecule has 2 fully saturated rings. The monoisotopic (exact) mass is 399 g/mol. The number of rotatable bonds is 7. The van der Waals surface area contributed by atoms with Gasteiger partial charge in [0.1, 0.15) is 0 Å². The van der Waals surface area contributed by atoms with Crippen molar-refractivity contribution >= 4 is 17.6 Å². The number of guanidine groups is 1. The minimum absolute atomic E-state index is 0.211. The molecule has 1 amide bonds. The zero-order chi connectivity index (χ0) is 20.5. The quantitative estimate of drug-likeness (QED) is 0.375. The lowest BCUT2D eigenvalue weighted by Crippen LogP contribution is -2.45. The highest BCUT2D eigenvalue weighted by Gasteiger charge is 2.23. The van der Waals surface area contributed by atoms with Gasteiger partial charge in [0, 0.05) is 43.8 Å². The van der Waals surface area contributed by atoms with Gasteiger partial charge in [-0.3, -0.25) is 9.79 Å². The smallest absolute Gasteiger partial charge is 0.223 e. The number of aryl methyl sites for hydroxylation is 1. The molecule has 1 aliphatic carbocycles. The lowest BCUT2D eigenvalue weighted by Gasteiger charge is -2.21. The SMILES string of the molecule is CCNC(=NCCNC(=O)C1CCCCC1)NC1CCN(c2ccc(C)cc2)C1. The first-order chi connectivity index (χ1) is 14.2. The third-order valence-corrected chi connectivity index (χ3v) is 5.93. The van der Waals surface area contributed by atoms with Crippen LogP contribution >= 0.6 is 0 Å². The molecule has 6 heteroatoms. The zero-order valence-corrected chi connectivity index (χ0v) is 18.0. The number of nitrogens with zero attached hydrogens (tertiary/aromatic N) is 2. The summed E-state index contributed by atoms with van der Waals surface area (Å²) < 4.78 is 0. The first-order valence-electron chi connectivity index (χ1n) is 11.3. The molecule has 0 radical (unpaired) electrons. The maximum atomic E-state index is 12.2. The molecule has 1 aliphatic heterocycles. The van der Waals surface area contributed by atoms with Crippen LogP contribution in [0.5, 0.6) is 0 Å². The van der Waals surface area contributed by atoms with E-state index < -0.39 is 0 Å². The minimum Gasteiger partial charge on any atom is -0.369 e. The highest BCUT2D eigenvalue weighted by atomic mass is 16.1. The molecular weight excluding hydrogens is 362 g/mol. The molecular formula is C23H37N5O. The average Bonchev–Trinajstić information content (AvgIpc) is 3.20. The van der Waals surface area contributed by atoms with Gasteiger partial charge in [-0.05, 0) is 45.2 Å². The summed E-state index contributed by atoms with van der Waals surface area (Å²) in [6, 6.07) is 9.12. The van der Waals surface area contributed by atoms with Gasteiger partial charge in [-0.2, -0.15) is 0 Å². The lowest BCUT2D eigenvalue weighted by molar-refractivity contribution is -0.125. The fourth-order valence-corrected chi connectivity index (χ4v) is 4.24. The molecule has 0 aromatic heterocycles. The Morgan fingerprint density at radius 1 is 1.10 bits per heavy atom. The molecule has 0 bridgehead atoms. The van der Waals surface area contributed by atoms with Crippen LogP contribution < -0.4 is 20.9 Å².